The van der Waals surface area contributed by atoms with Crippen LogP contribution in [0.15, 0.2) is 18.2 Å². The maximum Gasteiger partial charge on any atom is 0.305 e. The minimum atomic E-state index is -0.938. The van der Waals surface area contributed by atoms with Crippen LogP contribution in [-0.2, 0) is 9.59 Å². The molecule has 1 N–H and O–H groups in total. The first-order chi connectivity index (χ1) is 9.31. The number of carboxylic acids is 1. The summed E-state index contributed by atoms with van der Waals surface area (Å²) in [7, 11) is 1.55. The lowest BCUT2D eigenvalue weighted by atomic mass is 10.2. The second-order valence-corrected chi connectivity index (χ2v) is 4.98. The molecule has 1 aromatic carbocycles. The molecular formula is C14H18ClNO4. The SMILES string of the molecule is Cc1cc(OC(C)C(=O)N(C)CCC(=O)O)ccc1Cl. The lowest BCUT2D eigenvalue weighted by Crippen LogP contribution is -2.39. The summed E-state index contributed by atoms with van der Waals surface area (Å²) < 4.78 is 5.54. The maximum absolute atomic E-state index is 12.0. The van der Waals surface area contributed by atoms with Gasteiger partial charge in [-0.3, -0.25) is 9.59 Å². The standard InChI is InChI=1S/C14H18ClNO4/c1-9-8-11(4-5-12(9)15)20-10(2)14(19)16(3)7-6-13(17)18/h4-5,8,10H,6-7H2,1-3H3,(H,17,18). The highest BCUT2D eigenvalue weighted by Gasteiger charge is 2.19. The Morgan fingerprint density at radius 3 is 2.65 bits per heavy atom. The fourth-order valence-corrected chi connectivity index (χ4v) is 1.75. The number of rotatable bonds is 6. The van der Waals surface area contributed by atoms with Crippen molar-refractivity contribution in [2.24, 2.45) is 0 Å². The van der Waals surface area contributed by atoms with Crippen LogP contribution in [0.25, 0.3) is 0 Å². The van der Waals surface area contributed by atoms with Gasteiger partial charge in [0.15, 0.2) is 6.10 Å². The molecule has 0 heterocycles. The Hall–Kier alpha value is -1.75. The van der Waals surface area contributed by atoms with Crippen LogP contribution in [0.1, 0.15) is 18.9 Å². The van der Waals surface area contributed by atoms with E-state index in [-0.39, 0.29) is 18.9 Å². The van der Waals surface area contributed by atoms with Crippen molar-refractivity contribution in [3.63, 3.8) is 0 Å². The lowest BCUT2D eigenvalue weighted by Gasteiger charge is -2.21. The molecule has 0 saturated carbocycles. The highest BCUT2D eigenvalue weighted by atomic mass is 35.5. The lowest BCUT2D eigenvalue weighted by molar-refractivity contribution is -0.140. The van der Waals surface area contributed by atoms with Gasteiger partial charge in [-0.05, 0) is 37.6 Å². The number of carbonyl (C=O) groups is 2. The van der Waals surface area contributed by atoms with Gasteiger partial charge in [0.25, 0.3) is 5.91 Å². The highest BCUT2D eigenvalue weighted by molar-refractivity contribution is 6.31. The van der Waals surface area contributed by atoms with Crippen LogP contribution in [0, 0.1) is 6.92 Å². The summed E-state index contributed by atoms with van der Waals surface area (Å²) in [6, 6.07) is 5.15. The maximum atomic E-state index is 12.0. The van der Waals surface area contributed by atoms with E-state index >= 15 is 0 Å². The van der Waals surface area contributed by atoms with E-state index in [1.807, 2.05) is 6.92 Å². The number of likely N-dealkylation sites (N-methyl/N-ethyl adjacent to an activating group) is 1. The van der Waals surface area contributed by atoms with E-state index in [1.54, 1.807) is 32.2 Å². The summed E-state index contributed by atoms with van der Waals surface area (Å²) in [6.07, 6.45) is -0.774. The molecule has 1 unspecified atom stereocenters. The van der Waals surface area contributed by atoms with Crippen molar-refractivity contribution < 1.29 is 19.4 Å². The fraction of sp³-hybridized carbons (Fsp3) is 0.429. The Labute approximate surface area is 123 Å². The number of nitrogens with zero attached hydrogens (tertiary/aromatic N) is 1. The van der Waals surface area contributed by atoms with E-state index in [9.17, 15) is 9.59 Å². The first-order valence-electron chi connectivity index (χ1n) is 6.21. The summed E-state index contributed by atoms with van der Waals surface area (Å²) in [5.41, 5.74) is 0.864. The van der Waals surface area contributed by atoms with E-state index in [0.29, 0.717) is 10.8 Å². The van der Waals surface area contributed by atoms with Crippen molar-refractivity contribution in [1.29, 1.82) is 0 Å². The van der Waals surface area contributed by atoms with Crippen LogP contribution in [-0.4, -0.2) is 41.6 Å². The summed E-state index contributed by atoms with van der Waals surface area (Å²) >= 11 is 5.91. The van der Waals surface area contributed by atoms with Crippen molar-refractivity contribution in [2.45, 2.75) is 26.4 Å². The predicted octanol–water partition coefficient (Wildman–Crippen LogP) is 2.35. The molecule has 0 radical (unpaired) electrons. The second-order valence-electron chi connectivity index (χ2n) is 4.57. The molecule has 0 aliphatic carbocycles. The van der Waals surface area contributed by atoms with Crippen LogP contribution in [0.4, 0.5) is 0 Å². The quantitative estimate of drug-likeness (QED) is 0.875. The van der Waals surface area contributed by atoms with Gasteiger partial charge in [0.1, 0.15) is 5.75 Å². The minimum Gasteiger partial charge on any atom is -0.481 e. The van der Waals surface area contributed by atoms with Crippen LogP contribution in [0.5, 0.6) is 5.75 Å². The Bertz CT molecular complexity index is 504. The molecule has 1 amide bonds. The van der Waals surface area contributed by atoms with Crippen LogP contribution < -0.4 is 4.74 Å². The number of aliphatic carboxylic acids is 1. The second kappa shape index (κ2) is 7.14. The Morgan fingerprint density at radius 2 is 2.10 bits per heavy atom. The van der Waals surface area contributed by atoms with E-state index < -0.39 is 12.1 Å². The summed E-state index contributed by atoms with van der Waals surface area (Å²) in [5.74, 6) is -0.648. The molecule has 0 aliphatic rings. The van der Waals surface area contributed by atoms with Gasteiger partial charge in [-0.2, -0.15) is 0 Å². The fourth-order valence-electron chi connectivity index (χ4n) is 1.63. The van der Waals surface area contributed by atoms with E-state index in [4.69, 9.17) is 21.4 Å². The molecule has 0 aromatic heterocycles. The number of ether oxygens (including phenoxy) is 1. The first-order valence-corrected chi connectivity index (χ1v) is 6.58. The highest BCUT2D eigenvalue weighted by Crippen LogP contribution is 2.22. The molecule has 0 bridgehead atoms. The van der Waals surface area contributed by atoms with Gasteiger partial charge in [-0.25, -0.2) is 0 Å². The van der Waals surface area contributed by atoms with E-state index in [1.165, 1.54) is 4.90 Å². The summed E-state index contributed by atoms with van der Waals surface area (Å²) in [5, 5.41) is 9.23. The molecule has 20 heavy (non-hydrogen) atoms. The number of aryl methyl sites for hydroxylation is 1. The zero-order valence-electron chi connectivity index (χ0n) is 11.7. The van der Waals surface area contributed by atoms with Gasteiger partial charge in [-0.1, -0.05) is 11.6 Å². The van der Waals surface area contributed by atoms with E-state index in [0.717, 1.165) is 5.56 Å². The van der Waals surface area contributed by atoms with Crippen LogP contribution >= 0.6 is 11.6 Å². The van der Waals surface area contributed by atoms with Crippen LogP contribution in [0.2, 0.25) is 5.02 Å². The van der Waals surface area contributed by atoms with Crippen molar-refractivity contribution in [1.82, 2.24) is 4.90 Å². The van der Waals surface area contributed by atoms with Crippen molar-refractivity contribution in [3.05, 3.63) is 28.8 Å². The molecule has 1 aromatic rings. The van der Waals surface area contributed by atoms with Crippen molar-refractivity contribution in [3.8, 4) is 5.75 Å². The molecule has 1 rings (SSSR count). The molecule has 0 fully saturated rings. The third kappa shape index (κ3) is 4.74. The number of carboxylic acid groups (broad SMARTS) is 1. The normalized spacial score (nSPS) is 11.8. The van der Waals surface area contributed by atoms with E-state index in [2.05, 4.69) is 0 Å². The van der Waals surface area contributed by atoms with Crippen LogP contribution in [0.3, 0.4) is 0 Å². The Morgan fingerprint density at radius 1 is 1.45 bits per heavy atom. The molecule has 5 nitrogen and oxygen atoms in total. The number of amides is 1. The number of benzene rings is 1. The van der Waals surface area contributed by atoms with Gasteiger partial charge in [0.2, 0.25) is 0 Å². The Kier molecular flexibility index (Phi) is 5.82. The summed E-state index contributed by atoms with van der Waals surface area (Å²) in [4.78, 5) is 23.8. The molecule has 0 spiro atoms. The van der Waals surface area contributed by atoms with Gasteiger partial charge >= 0.3 is 5.97 Å². The first kappa shape index (κ1) is 16.3. The number of hydrogen-bond donors (Lipinski definition) is 1. The zero-order valence-corrected chi connectivity index (χ0v) is 12.5. The van der Waals surface area contributed by atoms with Gasteiger partial charge < -0.3 is 14.7 Å². The number of halogens is 1. The number of carbonyl (C=O) groups excluding carboxylic acids is 1. The Balaban J connectivity index is 2.60. The predicted molar refractivity (Wildman–Crippen MR) is 76.2 cm³/mol. The third-order valence-electron chi connectivity index (χ3n) is 2.83. The molecule has 6 heteroatoms. The molecular weight excluding hydrogens is 282 g/mol. The van der Waals surface area contributed by atoms with Crippen molar-refractivity contribution >= 4 is 23.5 Å². The van der Waals surface area contributed by atoms with Gasteiger partial charge in [0, 0.05) is 18.6 Å². The number of hydrogen-bond acceptors (Lipinski definition) is 3. The molecule has 1 atom stereocenters. The van der Waals surface area contributed by atoms with Gasteiger partial charge in [0.05, 0.1) is 6.42 Å². The van der Waals surface area contributed by atoms with Crippen molar-refractivity contribution in [2.75, 3.05) is 13.6 Å². The monoisotopic (exact) mass is 299 g/mol. The largest absolute Gasteiger partial charge is 0.481 e. The smallest absolute Gasteiger partial charge is 0.305 e. The average molecular weight is 300 g/mol. The third-order valence-corrected chi connectivity index (χ3v) is 3.25. The topological polar surface area (TPSA) is 66.8 Å². The zero-order chi connectivity index (χ0) is 15.3. The minimum absolute atomic E-state index is 0.0883. The average Bonchev–Trinajstić information content (AvgIpc) is 2.39. The molecule has 0 aliphatic heterocycles. The van der Waals surface area contributed by atoms with Gasteiger partial charge in [-0.15, -0.1) is 0 Å². The molecule has 0 saturated heterocycles. The molecule has 110 valence electrons. The summed E-state index contributed by atoms with van der Waals surface area (Å²) in [6.45, 7) is 3.63.